The van der Waals surface area contributed by atoms with Gasteiger partial charge in [-0.25, -0.2) is 0 Å². The number of hydrogen-bond acceptors (Lipinski definition) is 6. The van der Waals surface area contributed by atoms with Gasteiger partial charge in [-0.1, -0.05) is 36.4 Å². The van der Waals surface area contributed by atoms with Crippen molar-refractivity contribution in [1.29, 1.82) is 0 Å². The number of aryl methyl sites for hydroxylation is 1. The number of carbonyl (C=O) groups excluding carboxylic acids is 1. The number of hydrogen-bond donors (Lipinski definition) is 0. The van der Waals surface area contributed by atoms with Crippen molar-refractivity contribution in [3.8, 4) is 0 Å². The van der Waals surface area contributed by atoms with E-state index >= 15 is 0 Å². The van der Waals surface area contributed by atoms with Gasteiger partial charge in [-0.05, 0) is 32.4 Å². The number of benzene rings is 1. The van der Waals surface area contributed by atoms with Gasteiger partial charge in [0.1, 0.15) is 5.25 Å². The van der Waals surface area contributed by atoms with Crippen LogP contribution < -0.4 is 4.90 Å². The van der Waals surface area contributed by atoms with Gasteiger partial charge < -0.3 is 9.64 Å². The second-order valence-corrected chi connectivity index (χ2v) is 6.86. The molecule has 0 saturated heterocycles. The van der Waals surface area contributed by atoms with Gasteiger partial charge >= 0.3 is 5.97 Å². The quantitative estimate of drug-likeness (QED) is 0.591. The van der Waals surface area contributed by atoms with Crippen molar-refractivity contribution in [3.05, 3.63) is 29.8 Å². The van der Waals surface area contributed by atoms with Crippen LogP contribution in [0.15, 0.2) is 29.4 Å². The highest BCUT2D eigenvalue weighted by Crippen LogP contribution is 2.34. The molecule has 24 heavy (non-hydrogen) atoms. The molecule has 0 bridgehead atoms. The molecule has 6 nitrogen and oxygen atoms in total. The standard InChI is InChI=1S/C17H22N4O2S/c1-4-14(15(22)23-5-2)24-17-19-18-16-20(10-11-21(16)17)13-8-6-12(3)7-9-13/h6-9,14H,4-5,10-11H2,1-3H3. The monoisotopic (exact) mass is 346 g/mol. The molecule has 1 aliphatic heterocycles. The molecule has 1 aromatic heterocycles. The zero-order valence-electron chi connectivity index (χ0n) is 14.2. The summed E-state index contributed by atoms with van der Waals surface area (Å²) in [4.78, 5) is 14.2. The van der Waals surface area contributed by atoms with E-state index in [1.807, 2.05) is 13.8 Å². The second kappa shape index (κ2) is 7.25. The Morgan fingerprint density at radius 2 is 2.00 bits per heavy atom. The first-order valence-corrected chi connectivity index (χ1v) is 9.12. The highest BCUT2D eigenvalue weighted by atomic mass is 32.2. The number of carbonyl (C=O) groups is 1. The van der Waals surface area contributed by atoms with Crippen LogP contribution in [-0.4, -0.2) is 39.1 Å². The number of aromatic nitrogens is 3. The van der Waals surface area contributed by atoms with Crippen molar-refractivity contribution in [2.75, 3.05) is 18.1 Å². The zero-order valence-corrected chi connectivity index (χ0v) is 15.0. The Morgan fingerprint density at radius 1 is 1.25 bits per heavy atom. The second-order valence-electron chi connectivity index (χ2n) is 5.69. The van der Waals surface area contributed by atoms with Gasteiger partial charge in [0.05, 0.1) is 6.61 Å². The van der Waals surface area contributed by atoms with Crippen molar-refractivity contribution < 1.29 is 9.53 Å². The summed E-state index contributed by atoms with van der Waals surface area (Å²) in [5.41, 5.74) is 2.34. The van der Waals surface area contributed by atoms with Crippen LogP contribution >= 0.6 is 11.8 Å². The van der Waals surface area contributed by atoms with Crippen molar-refractivity contribution >= 4 is 29.4 Å². The number of ether oxygens (including phenoxy) is 1. The fraction of sp³-hybridized carbons (Fsp3) is 0.471. The fourth-order valence-electron chi connectivity index (χ4n) is 2.69. The van der Waals surface area contributed by atoms with Crippen molar-refractivity contribution in [2.24, 2.45) is 0 Å². The fourth-order valence-corrected chi connectivity index (χ4v) is 3.67. The lowest BCUT2D eigenvalue weighted by molar-refractivity contribution is -0.142. The highest BCUT2D eigenvalue weighted by molar-refractivity contribution is 8.00. The molecule has 2 aromatic rings. The molecule has 0 amide bonds. The molecule has 7 heteroatoms. The first-order valence-electron chi connectivity index (χ1n) is 8.24. The maximum absolute atomic E-state index is 12.0. The lowest BCUT2D eigenvalue weighted by atomic mass is 10.2. The molecule has 0 N–H and O–H groups in total. The van der Waals surface area contributed by atoms with E-state index in [-0.39, 0.29) is 11.2 Å². The molecule has 2 heterocycles. The van der Waals surface area contributed by atoms with Crippen molar-refractivity contribution in [2.45, 2.75) is 44.1 Å². The first kappa shape index (κ1) is 16.8. The van der Waals surface area contributed by atoms with Gasteiger partial charge in [0, 0.05) is 18.8 Å². The smallest absolute Gasteiger partial charge is 0.319 e. The molecule has 3 rings (SSSR count). The van der Waals surface area contributed by atoms with Crippen LogP contribution in [0.5, 0.6) is 0 Å². The van der Waals surface area contributed by atoms with E-state index < -0.39 is 0 Å². The number of anilines is 2. The molecule has 0 saturated carbocycles. The van der Waals surface area contributed by atoms with Gasteiger partial charge in [0.2, 0.25) is 5.95 Å². The minimum atomic E-state index is -0.244. The summed E-state index contributed by atoms with van der Waals surface area (Å²) < 4.78 is 7.21. The van der Waals surface area contributed by atoms with Crippen molar-refractivity contribution in [1.82, 2.24) is 14.8 Å². The van der Waals surface area contributed by atoms with Gasteiger partial charge in [-0.3, -0.25) is 9.36 Å². The number of nitrogens with zero attached hydrogens (tertiary/aromatic N) is 4. The Balaban J connectivity index is 1.79. The van der Waals surface area contributed by atoms with Gasteiger partial charge in [-0.15, -0.1) is 10.2 Å². The largest absolute Gasteiger partial charge is 0.465 e. The van der Waals surface area contributed by atoms with Crippen molar-refractivity contribution in [3.63, 3.8) is 0 Å². The summed E-state index contributed by atoms with van der Waals surface area (Å²) in [6.07, 6.45) is 0.702. The minimum absolute atomic E-state index is 0.185. The summed E-state index contributed by atoms with van der Waals surface area (Å²) in [5, 5.41) is 9.16. The summed E-state index contributed by atoms with van der Waals surface area (Å²) in [7, 11) is 0. The molecule has 0 aliphatic carbocycles. The third kappa shape index (κ3) is 3.26. The normalized spacial score (nSPS) is 14.5. The third-order valence-corrected chi connectivity index (χ3v) is 5.32. The topological polar surface area (TPSA) is 60.2 Å². The Bertz CT molecular complexity index is 714. The van der Waals surface area contributed by atoms with Gasteiger partial charge in [-0.2, -0.15) is 0 Å². The van der Waals surface area contributed by atoms with Crippen LogP contribution in [0.25, 0.3) is 0 Å². The maximum Gasteiger partial charge on any atom is 0.319 e. The first-order chi connectivity index (χ1) is 11.6. The van der Waals surface area contributed by atoms with Crippen LogP contribution in [-0.2, 0) is 16.1 Å². The molecule has 1 aromatic carbocycles. The maximum atomic E-state index is 12.0. The van der Waals surface area contributed by atoms with Crippen LogP contribution in [0, 0.1) is 6.92 Å². The van der Waals surface area contributed by atoms with E-state index in [1.54, 1.807) is 0 Å². The van der Waals surface area contributed by atoms with Gasteiger partial charge in [0.15, 0.2) is 5.16 Å². The Hall–Kier alpha value is -2.02. The van der Waals surface area contributed by atoms with E-state index in [1.165, 1.54) is 17.3 Å². The minimum Gasteiger partial charge on any atom is -0.465 e. The number of thioether (sulfide) groups is 1. The molecule has 1 unspecified atom stereocenters. The Kier molecular flexibility index (Phi) is 5.08. The highest BCUT2D eigenvalue weighted by Gasteiger charge is 2.29. The Labute approximate surface area is 146 Å². The number of rotatable bonds is 6. The van der Waals surface area contributed by atoms with E-state index in [0.29, 0.717) is 13.0 Å². The molecule has 1 aliphatic rings. The van der Waals surface area contributed by atoms with Crippen LogP contribution in [0.1, 0.15) is 25.8 Å². The summed E-state index contributed by atoms with van der Waals surface area (Å²) >= 11 is 1.44. The predicted octanol–water partition coefficient (Wildman–Crippen LogP) is 3.17. The Morgan fingerprint density at radius 3 is 2.67 bits per heavy atom. The summed E-state index contributed by atoms with van der Waals surface area (Å²) in [6.45, 7) is 7.95. The average molecular weight is 346 g/mol. The number of fused-ring (bicyclic) bond motifs is 1. The number of esters is 1. The van der Waals surface area contributed by atoms with Crippen LogP contribution in [0.4, 0.5) is 11.6 Å². The molecular formula is C17H22N4O2S. The molecule has 0 fully saturated rings. The van der Waals surface area contributed by atoms with E-state index in [0.717, 1.165) is 29.9 Å². The van der Waals surface area contributed by atoms with E-state index in [2.05, 4.69) is 50.9 Å². The van der Waals surface area contributed by atoms with Crippen LogP contribution in [0.3, 0.4) is 0 Å². The average Bonchev–Trinajstić information content (AvgIpc) is 3.16. The third-order valence-electron chi connectivity index (χ3n) is 4.00. The molecule has 0 spiro atoms. The zero-order chi connectivity index (χ0) is 17.1. The molecule has 128 valence electrons. The summed E-state index contributed by atoms with van der Waals surface area (Å²) in [6, 6.07) is 8.38. The van der Waals surface area contributed by atoms with Crippen LogP contribution in [0.2, 0.25) is 0 Å². The van der Waals surface area contributed by atoms with E-state index in [4.69, 9.17) is 4.74 Å². The van der Waals surface area contributed by atoms with Gasteiger partial charge in [0.25, 0.3) is 0 Å². The lowest BCUT2D eigenvalue weighted by Gasteiger charge is -2.15. The molecular weight excluding hydrogens is 324 g/mol. The predicted molar refractivity (Wildman–Crippen MR) is 94.8 cm³/mol. The summed E-state index contributed by atoms with van der Waals surface area (Å²) in [5.74, 6) is 0.649. The molecule has 0 radical (unpaired) electrons. The molecule has 1 atom stereocenters. The van der Waals surface area contributed by atoms with E-state index in [9.17, 15) is 4.79 Å². The lowest BCUT2D eigenvalue weighted by Crippen LogP contribution is -2.20. The SMILES string of the molecule is CCOC(=O)C(CC)Sc1nnc2n1CCN2c1ccc(C)cc1.